The number of amides is 2. The molecule has 1 rings (SSSR count). The minimum absolute atomic E-state index is 0.0868. The van der Waals surface area contributed by atoms with Gasteiger partial charge in [0.05, 0.1) is 11.5 Å². The first-order chi connectivity index (χ1) is 5.90. The van der Waals surface area contributed by atoms with E-state index in [1.165, 1.54) is 0 Å². The summed E-state index contributed by atoms with van der Waals surface area (Å²) in [5.41, 5.74) is 0. The van der Waals surface area contributed by atoms with E-state index in [9.17, 15) is 18.0 Å². The van der Waals surface area contributed by atoms with E-state index in [2.05, 4.69) is 0 Å². The monoisotopic (exact) mass is 224 g/mol. The van der Waals surface area contributed by atoms with Crippen molar-refractivity contribution in [1.29, 1.82) is 0 Å². The van der Waals surface area contributed by atoms with Gasteiger partial charge in [-0.1, -0.05) is 11.8 Å². The molecule has 1 heterocycles. The van der Waals surface area contributed by atoms with Crippen LogP contribution in [0.3, 0.4) is 0 Å². The van der Waals surface area contributed by atoms with E-state index in [0.717, 1.165) is 16.7 Å². The van der Waals surface area contributed by atoms with E-state index in [1.807, 2.05) is 0 Å². The molecule has 0 atom stereocenters. The minimum atomic E-state index is -3.61. The third-order valence-electron chi connectivity index (χ3n) is 1.44. The highest BCUT2D eigenvalue weighted by molar-refractivity contribution is 8.14. The number of imide groups is 1. The van der Waals surface area contributed by atoms with Crippen LogP contribution in [-0.2, 0) is 14.8 Å². The number of sulfonamides is 1. The highest BCUT2D eigenvalue weighted by Gasteiger charge is 2.30. The lowest BCUT2D eigenvalue weighted by molar-refractivity contribution is -0.124. The number of hydrogen-bond donors (Lipinski definition) is 1. The van der Waals surface area contributed by atoms with E-state index in [4.69, 9.17) is 5.14 Å². The quantitative estimate of drug-likeness (QED) is 0.661. The molecule has 1 fully saturated rings. The first-order valence-electron chi connectivity index (χ1n) is 3.38. The summed E-state index contributed by atoms with van der Waals surface area (Å²) in [7, 11) is -3.61. The molecule has 74 valence electrons. The predicted molar refractivity (Wildman–Crippen MR) is 47.5 cm³/mol. The van der Waals surface area contributed by atoms with Gasteiger partial charge in [-0.15, -0.1) is 0 Å². The zero-order chi connectivity index (χ0) is 10.1. The average molecular weight is 224 g/mol. The third-order valence-corrected chi connectivity index (χ3v) is 3.05. The third kappa shape index (κ3) is 2.98. The molecule has 1 saturated heterocycles. The summed E-state index contributed by atoms with van der Waals surface area (Å²) in [5.74, 6) is -0.659. The molecule has 2 N–H and O–H groups in total. The molecule has 13 heavy (non-hydrogen) atoms. The summed E-state index contributed by atoms with van der Waals surface area (Å²) in [6.45, 7) is -0.149. The van der Waals surface area contributed by atoms with Crippen molar-refractivity contribution in [2.24, 2.45) is 5.14 Å². The Balaban J connectivity index is 2.54. The largest absolute Gasteiger partial charge is 0.288 e. The highest BCUT2D eigenvalue weighted by Crippen LogP contribution is 2.17. The number of nitrogens with two attached hydrogens (primary N) is 1. The van der Waals surface area contributed by atoms with Crippen LogP contribution in [-0.4, -0.2) is 42.5 Å². The molecule has 2 amide bonds. The molecular weight excluding hydrogens is 216 g/mol. The molecular formula is C5H8N2O4S2. The van der Waals surface area contributed by atoms with Crippen LogP contribution in [0.1, 0.15) is 0 Å². The number of carbonyl (C=O) groups is 2. The molecule has 0 spiro atoms. The van der Waals surface area contributed by atoms with Gasteiger partial charge in [-0.25, -0.2) is 13.6 Å². The molecule has 0 radical (unpaired) electrons. The van der Waals surface area contributed by atoms with E-state index in [-0.39, 0.29) is 24.0 Å². The van der Waals surface area contributed by atoms with Gasteiger partial charge >= 0.3 is 0 Å². The summed E-state index contributed by atoms with van der Waals surface area (Å²) in [6, 6.07) is 0. The number of primary sulfonamides is 1. The summed E-state index contributed by atoms with van der Waals surface area (Å²) in [6.07, 6.45) is 0. The normalized spacial score (nSPS) is 18.4. The molecule has 0 aromatic rings. The molecule has 0 bridgehead atoms. The molecule has 0 aromatic carbocycles. The summed E-state index contributed by atoms with van der Waals surface area (Å²) < 4.78 is 21.0. The van der Waals surface area contributed by atoms with Gasteiger partial charge < -0.3 is 0 Å². The number of carbonyl (C=O) groups excluding carboxylic acids is 2. The molecule has 1 aliphatic heterocycles. The summed E-state index contributed by atoms with van der Waals surface area (Å²) in [5, 5.41) is 4.31. The fraction of sp³-hybridized carbons (Fsp3) is 0.600. The van der Waals surface area contributed by atoms with E-state index >= 15 is 0 Å². The average Bonchev–Trinajstić information content (AvgIpc) is 2.27. The van der Waals surface area contributed by atoms with E-state index in [1.54, 1.807) is 0 Å². The van der Waals surface area contributed by atoms with Gasteiger partial charge in [0.2, 0.25) is 15.9 Å². The molecule has 8 heteroatoms. The summed E-state index contributed by atoms with van der Waals surface area (Å²) >= 11 is 0.866. The van der Waals surface area contributed by atoms with Crippen LogP contribution in [0.5, 0.6) is 0 Å². The second kappa shape index (κ2) is 3.64. The zero-order valence-corrected chi connectivity index (χ0v) is 8.23. The van der Waals surface area contributed by atoms with Gasteiger partial charge in [0, 0.05) is 6.54 Å². The van der Waals surface area contributed by atoms with Crippen LogP contribution in [0, 0.1) is 0 Å². The maximum absolute atomic E-state index is 11.0. The van der Waals surface area contributed by atoms with Crippen molar-refractivity contribution in [2.45, 2.75) is 0 Å². The SMILES string of the molecule is NS(=O)(=O)CCN1C(=O)CSC1=O. The van der Waals surface area contributed by atoms with Crippen molar-refractivity contribution in [1.82, 2.24) is 4.90 Å². The standard InChI is InChI=1S/C5H8N2O4S2/c6-13(10,11)2-1-7-4(8)3-12-5(7)9/h1-3H2,(H2,6,10,11). The van der Waals surface area contributed by atoms with E-state index in [0.29, 0.717) is 0 Å². The maximum atomic E-state index is 11.0. The Morgan fingerprint density at radius 1 is 1.46 bits per heavy atom. The van der Waals surface area contributed by atoms with Gasteiger partial charge in [-0.3, -0.25) is 14.5 Å². The smallest absolute Gasteiger partial charge is 0.273 e. The van der Waals surface area contributed by atoms with Crippen molar-refractivity contribution in [3.8, 4) is 0 Å². The maximum Gasteiger partial charge on any atom is 0.288 e. The first-order valence-corrected chi connectivity index (χ1v) is 6.08. The Kier molecular flexibility index (Phi) is 2.94. The van der Waals surface area contributed by atoms with Crippen LogP contribution >= 0.6 is 11.8 Å². The second-order valence-electron chi connectivity index (χ2n) is 2.47. The molecule has 0 aromatic heterocycles. The fourth-order valence-electron chi connectivity index (χ4n) is 0.816. The van der Waals surface area contributed by atoms with Gasteiger partial charge in [0.1, 0.15) is 0 Å². The Morgan fingerprint density at radius 3 is 2.46 bits per heavy atom. The Hall–Kier alpha value is -0.600. The molecule has 0 aliphatic carbocycles. The van der Waals surface area contributed by atoms with Crippen LogP contribution < -0.4 is 5.14 Å². The molecule has 1 aliphatic rings. The molecule has 6 nitrogen and oxygen atoms in total. The zero-order valence-electron chi connectivity index (χ0n) is 6.60. The molecule has 0 unspecified atom stereocenters. The number of rotatable bonds is 3. The summed E-state index contributed by atoms with van der Waals surface area (Å²) in [4.78, 5) is 22.8. The highest BCUT2D eigenvalue weighted by atomic mass is 32.2. The van der Waals surface area contributed by atoms with Crippen molar-refractivity contribution in [2.75, 3.05) is 18.1 Å². The van der Waals surface area contributed by atoms with Gasteiger partial charge in [-0.05, 0) is 0 Å². The predicted octanol–water partition coefficient (Wildman–Crippen LogP) is -1.03. The Morgan fingerprint density at radius 2 is 2.08 bits per heavy atom. The lowest BCUT2D eigenvalue weighted by Gasteiger charge is -2.10. The minimum Gasteiger partial charge on any atom is -0.273 e. The van der Waals surface area contributed by atoms with Crippen LogP contribution in [0.25, 0.3) is 0 Å². The van der Waals surface area contributed by atoms with Gasteiger partial charge in [-0.2, -0.15) is 0 Å². The second-order valence-corrected chi connectivity index (χ2v) is 5.13. The topological polar surface area (TPSA) is 97.5 Å². The fourth-order valence-corrected chi connectivity index (χ4v) is 2.00. The Bertz CT molecular complexity index is 320. The van der Waals surface area contributed by atoms with Crippen LogP contribution in [0.15, 0.2) is 0 Å². The Labute approximate surface area is 79.5 Å². The van der Waals surface area contributed by atoms with Crippen molar-refractivity contribution < 1.29 is 18.0 Å². The van der Waals surface area contributed by atoms with E-state index < -0.39 is 15.3 Å². The number of thioether (sulfide) groups is 1. The van der Waals surface area contributed by atoms with Crippen molar-refractivity contribution >= 4 is 32.9 Å². The van der Waals surface area contributed by atoms with Crippen LogP contribution in [0.2, 0.25) is 0 Å². The lowest BCUT2D eigenvalue weighted by atomic mass is 10.5. The van der Waals surface area contributed by atoms with Gasteiger partial charge in [0.25, 0.3) is 5.24 Å². The first kappa shape index (κ1) is 10.5. The van der Waals surface area contributed by atoms with Gasteiger partial charge in [0.15, 0.2) is 0 Å². The molecule has 0 saturated carbocycles. The van der Waals surface area contributed by atoms with Crippen molar-refractivity contribution in [3.05, 3.63) is 0 Å². The lowest BCUT2D eigenvalue weighted by Crippen LogP contribution is -2.35. The van der Waals surface area contributed by atoms with Crippen molar-refractivity contribution in [3.63, 3.8) is 0 Å². The number of nitrogens with zero attached hydrogens (tertiary/aromatic N) is 1. The van der Waals surface area contributed by atoms with Crippen LogP contribution in [0.4, 0.5) is 4.79 Å². The number of hydrogen-bond acceptors (Lipinski definition) is 5.